The van der Waals surface area contributed by atoms with Crippen LogP contribution in [0.3, 0.4) is 0 Å². The first-order chi connectivity index (χ1) is 6.19. The minimum Gasteiger partial charge on any atom is -0.480 e. The third kappa shape index (κ3) is 1.57. The Morgan fingerprint density at radius 2 is 2.08 bits per heavy atom. The molecule has 0 bridgehead atoms. The van der Waals surface area contributed by atoms with Gasteiger partial charge >= 0.3 is 5.97 Å². The first kappa shape index (κ1) is 9.00. The van der Waals surface area contributed by atoms with E-state index in [2.05, 4.69) is 5.32 Å². The number of carboxylic acid groups (broad SMARTS) is 1. The van der Waals surface area contributed by atoms with Gasteiger partial charge < -0.3 is 5.11 Å². The summed E-state index contributed by atoms with van der Waals surface area (Å²) in [5.74, 6) is -0.264. The van der Waals surface area contributed by atoms with Crippen molar-refractivity contribution in [2.45, 2.75) is 50.6 Å². The normalized spacial score (nSPS) is 26.8. The van der Waals surface area contributed by atoms with Crippen molar-refractivity contribution < 1.29 is 9.90 Å². The van der Waals surface area contributed by atoms with Gasteiger partial charge in [-0.15, -0.1) is 0 Å². The Balaban J connectivity index is 2.09. The summed E-state index contributed by atoms with van der Waals surface area (Å²) in [6.07, 6.45) is 5.19. The SMILES string of the molecule is CCC(NC1CC1)(C(=O)O)C1CC1. The molecule has 1 unspecified atom stereocenters. The number of hydrogen-bond donors (Lipinski definition) is 2. The monoisotopic (exact) mass is 183 g/mol. The Bertz CT molecular complexity index is 221. The average molecular weight is 183 g/mol. The van der Waals surface area contributed by atoms with Crippen LogP contribution in [0.5, 0.6) is 0 Å². The summed E-state index contributed by atoms with van der Waals surface area (Å²) in [5, 5.41) is 12.6. The molecule has 2 rings (SSSR count). The van der Waals surface area contributed by atoms with Crippen LogP contribution in [0, 0.1) is 5.92 Å². The lowest BCUT2D eigenvalue weighted by Gasteiger charge is -2.29. The summed E-state index contributed by atoms with van der Waals surface area (Å²) >= 11 is 0. The van der Waals surface area contributed by atoms with Gasteiger partial charge in [0.2, 0.25) is 0 Å². The summed E-state index contributed by atoms with van der Waals surface area (Å²) in [6, 6.07) is 0.483. The second-order valence-electron chi connectivity index (χ2n) is 4.32. The van der Waals surface area contributed by atoms with Crippen LogP contribution in [0.15, 0.2) is 0 Å². The Hall–Kier alpha value is -0.570. The first-order valence-electron chi connectivity index (χ1n) is 5.20. The lowest BCUT2D eigenvalue weighted by atomic mass is 9.90. The Labute approximate surface area is 78.5 Å². The number of rotatable bonds is 5. The minimum absolute atomic E-state index is 0.385. The van der Waals surface area contributed by atoms with E-state index in [1.54, 1.807) is 0 Å². The Morgan fingerprint density at radius 3 is 2.38 bits per heavy atom. The fourth-order valence-corrected chi connectivity index (χ4v) is 2.06. The topological polar surface area (TPSA) is 49.3 Å². The maximum absolute atomic E-state index is 11.2. The van der Waals surface area contributed by atoms with Gasteiger partial charge in [-0.3, -0.25) is 10.1 Å². The summed E-state index contributed by atoms with van der Waals surface area (Å²) in [7, 11) is 0. The standard InChI is InChI=1S/C10H17NO2/c1-2-10(9(12)13,7-3-4-7)11-8-5-6-8/h7-8,11H,2-6H2,1H3,(H,12,13). The maximum Gasteiger partial charge on any atom is 0.324 e. The highest BCUT2D eigenvalue weighted by atomic mass is 16.4. The molecule has 2 N–H and O–H groups in total. The van der Waals surface area contributed by atoms with Crippen molar-refractivity contribution in [2.75, 3.05) is 0 Å². The molecule has 0 amide bonds. The lowest BCUT2D eigenvalue weighted by Crippen LogP contribution is -2.54. The van der Waals surface area contributed by atoms with Gasteiger partial charge in [-0.25, -0.2) is 0 Å². The maximum atomic E-state index is 11.2. The van der Waals surface area contributed by atoms with E-state index in [0.29, 0.717) is 18.4 Å². The van der Waals surface area contributed by atoms with Crippen LogP contribution in [0.2, 0.25) is 0 Å². The smallest absolute Gasteiger partial charge is 0.324 e. The van der Waals surface area contributed by atoms with E-state index in [9.17, 15) is 9.90 Å². The highest BCUT2D eigenvalue weighted by Gasteiger charge is 2.51. The highest BCUT2D eigenvalue weighted by molar-refractivity contribution is 5.80. The van der Waals surface area contributed by atoms with E-state index >= 15 is 0 Å². The Morgan fingerprint density at radius 1 is 1.46 bits per heavy atom. The molecule has 2 saturated carbocycles. The zero-order chi connectivity index (χ0) is 9.47. The van der Waals surface area contributed by atoms with Crippen LogP contribution in [0.1, 0.15) is 39.0 Å². The van der Waals surface area contributed by atoms with Crippen LogP contribution in [-0.2, 0) is 4.79 Å². The second-order valence-corrected chi connectivity index (χ2v) is 4.32. The zero-order valence-electron chi connectivity index (χ0n) is 8.05. The summed E-state index contributed by atoms with van der Waals surface area (Å²) in [4.78, 5) is 11.2. The summed E-state index contributed by atoms with van der Waals surface area (Å²) < 4.78 is 0. The largest absolute Gasteiger partial charge is 0.480 e. The molecule has 0 aliphatic heterocycles. The molecule has 0 spiro atoms. The van der Waals surface area contributed by atoms with E-state index < -0.39 is 11.5 Å². The molecule has 13 heavy (non-hydrogen) atoms. The van der Waals surface area contributed by atoms with Crippen molar-refractivity contribution in [3.05, 3.63) is 0 Å². The second kappa shape index (κ2) is 2.98. The molecule has 1 atom stereocenters. The van der Waals surface area contributed by atoms with Crippen LogP contribution in [-0.4, -0.2) is 22.7 Å². The van der Waals surface area contributed by atoms with Crippen molar-refractivity contribution in [3.63, 3.8) is 0 Å². The molecular weight excluding hydrogens is 166 g/mol. The van der Waals surface area contributed by atoms with Crippen LogP contribution in [0.25, 0.3) is 0 Å². The van der Waals surface area contributed by atoms with Gasteiger partial charge in [0.25, 0.3) is 0 Å². The van der Waals surface area contributed by atoms with E-state index in [-0.39, 0.29) is 0 Å². The van der Waals surface area contributed by atoms with Gasteiger partial charge in [-0.05, 0) is 38.0 Å². The zero-order valence-corrected chi connectivity index (χ0v) is 8.05. The summed E-state index contributed by atoms with van der Waals surface area (Å²) in [5.41, 5.74) is -0.596. The molecule has 2 fully saturated rings. The van der Waals surface area contributed by atoms with Gasteiger partial charge in [-0.2, -0.15) is 0 Å². The predicted octanol–water partition coefficient (Wildman–Crippen LogP) is 1.38. The van der Waals surface area contributed by atoms with Crippen molar-refractivity contribution >= 4 is 5.97 Å². The number of aliphatic carboxylic acids is 1. The van der Waals surface area contributed by atoms with Crippen molar-refractivity contribution in [3.8, 4) is 0 Å². The van der Waals surface area contributed by atoms with Gasteiger partial charge in [0.05, 0.1) is 0 Å². The van der Waals surface area contributed by atoms with E-state index in [0.717, 1.165) is 25.7 Å². The van der Waals surface area contributed by atoms with Gasteiger partial charge in [0.1, 0.15) is 5.54 Å². The molecule has 2 aliphatic carbocycles. The molecule has 0 radical (unpaired) electrons. The van der Waals surface area contributed by atoms with Gasteiger partial charge in [0, 0.05) is 6.04 Å². The lowest BCUT2D eigenvalue weighted by molar-refractivity contribution is -0.146. The fraction of sp³-hybridized carbons (Fsp3) is 0.900. The van der Waals surface area contributed by atoms with E-state index in [4.69, 9.17) is 0 Å². The third-order valence-corrected chi connectivity index (χ3v) is 3.25. The third-order valence-electron chi connectivity index (χ3n) is 3.25. The van der Waals surface area contributed by atoms with Crippen LogP contribution in [0.4, 0.5) is 0 Å². The summed E-state index contributed by atoms with van der Waals surface area (Å²) in [6.45, 7) is 1.97. The van der Waals surface area contributed by atoms with Crippen molar-refractivity contribution in [1.29, 1.82) is 0 Å². The number of hydrogen-bond acceptors (Lipinski definition) is 2. The van der Waals surface area contributed by atoms with Crippen molar-refractivity contribution in [2.24, 2.45) is 5.92 Å². The molecular formula is C10H17NO2. The molecule has 0 heterocycles. The van der Waals surface area contributed by atoms with Gasteiger partial charge in [0.15, 0.2) is 0 Å². The Kier molecular flexibility index (Phi) is 2.06. The quantitative estimate of drug-likeness (QED) is 0.677. The highest BCUT2D eigenvalue weighted by Crippen LogP contribution is 2.43. The predicted molar refractivity (Wildman–Crippen MR) is 49.5 cm³/mol. The molecule has 3 nitrogen and oxygen atoms in total. The molecule has 0 aromatic carbocycles. The van der Waals surface area contributed by atoms with E-state index in [1.807, 2.05) is 6.92 Å². The number of nitrogens with one attached hydrogen (secondary N) is 1. The number of carboxylic acids is 1. The molecule has 74 valence electrons. The first-order valence-corrected chi connectivity index (χ1v) is 5.20. The van der Waals surface area contributed by atoms with E-state index in [1.165, 1.54) is 0 Å². The molecule has 0 aromatic rings. The van der Waals surface area contributed by atoms with Crippen LogP contribution < -0.4 is 5.32 Å². The average Bonchev–Trinajstić information content (AvgIpc) is 2.92. The minimum atomic E-state index is -0.649. The van der Waals surface area contributed by atoms with Gasteiger partial charge in [-0.1, -0.05) is 6.92 Å². The molecule has 3 heteroatoms. The fourth-order valence-electron chi connectivity index (χ4n) is 2.06. The molecule has 2 aliphatic rings. The number of carbonyl (C=O) groups is 1. The van der Waals surface area contributed by atoms with Crippen molar-refractivity contribution in [1.82, 2.24) is 5.32 Å². The van der Waals surface area contributed by atoms with Crippen LogP contribution >= 0.6 is 0 Å². The molecule has 0 aromatic heterocycles. The molecule has 0 saturated heterocycles.